The highest BCUT2D eigenvalue weighted by molar-refractivity contribution is 5.29. The molecule has 0 aliphatic carbocycles. The monoisotopic (exact) mass is 272 g/mol. The molecule has 1 N–H and O–H groups in total. The molecule has 0 bridgehead atoms. The first-order valence-corrected chi connectivity index (χ1v) is 6.62. The first-order valence-electron chi connectivity index (χ1n) is 6.62. The maximum absolute atomic E-state index is 11.9. The molecular formula is C16H20N2O2. The van der Waals surface area contributed by atoms with E-state index in [0.717, 1.165) is 16.9 Å². The lowest BCUT2D eigenvalue weighted by Gasteiger charge is -2.18. The van der Waals surface area contributed by atoms with Gasteiger partial charge in [0.05, 0.1) is 13.2 Å². The lowest BCUT2D eigenvalue weighted by Crippen LogP contribution is -2.28. The summed E-state index contributed by atoms with van der Waals surface area (Å²) in [5, 5.41) is 3.25. The van der Waals surface area contributed by atoms with Gasteiger partial charge in [-0.3, -0.25) is 4.79 Å². The minimum absolute atomic E-state index is 0.0266. The summed E-state index contributed by atoms with van der Waals surface area (Å²) in [5.41, 5.74) is 2.14. The Morgan fingerprint density at radius 1 is 1.25 bits per heavy atom. The Labute approximate surface area is 119 Å². The first-order chi connectivity index (χ1) is 9.63. The van der Waals surface area contributed by atoms with Crippen LogP contribution in [-0.4, -0.2) is 18.7 Å². The van der Waals surface area contributed by atoms with Crippen molar-refractivity contribution in [2.75, 3.05) is 14.2 Å². The van der Waals surface area contributed by atoms with E-state index in [-0.39, 0.29) is 11.6 Å². The number of benzene rings is 1. The van der Waals surface area contributed by atoms with Crippen LogP contribution >= 0.6 is 0 Å². The topological polar surface area (TPSA) is 43.3 Å². The second kappa shape index (κ2) is 6.39. The number of hydrogen-bond acceptors (Lipinski definition) is 3. The van der Waals surface area contributed by atoms with Crippen LogP contribution in [0.25, 0.3) is 0 Å². The van der Waals surface area contributed by atoms with Crippen molar-refractivity contribution >= 4 is 0 Å². The highest BCUT2D eigenvalue weighted by Crippen LogP contribution is 2.18. The zero-order valence-corrected chi connectivity index (χ0v) is 12.1. The number of likely N-dealkylation sites (N-methyl/N-ethyl adjacent to an activating group) is 1. The molecule has 1 aromatic heterocycles. The number of rotatable bonds is 5. The van der Waals surface area contributed by atoms with Gasteiger partial charge in [0.1, 0.15) is 5.75 Å². The Morgan fingerprint density at radius 3 is 2.50 bits per heavy atom. The van der Waals surface area contributed by atoms with Gasteiger partial charge in [-0.05, 0) is 43.3 Å². The summed E-state index contributed by atoms with van der Waals surface area (Å²) in [6.07, 6.45) is 1.84. The predicted octanol–water partition coefficient (Wildman–Crippen LogP) is 2.13. The molecule has 2 aromatic rings. The Morgan fingerprint density at radius 2 is 1.95 bits per heavy atom. The summed E-state index contributed by atoms with van der Waals surface area (Å²) in [4.78, 5) is 11.9. The van der Waals surface area contributed by atoms with Gasteiger partial charge in [-0.2, -0.15) is 0 Å². The molecule has 0 saturated carbocycles. The summed E-state index contributed by atoms with van der Waals surface area (Å²) in [6.45, 7) is 2.52. The third-order valence-corrected chi connectivity index (χ3v) is 3.40. The quantitative estimate of drug-likeness (QED) is 0.906. The number of aryl methyl sites for hydroxylation is 1. The fourth-order valence-electron chi connectivity index (χ4n) is 2.15. The third-order valence-electron chi connectivity index (χ3n) is 3.40. The van der Waals surface area contributed by atoms with Crippen LogP contribution in [0.3, 0.4) is 0 Å². The molecule has 0 radical (unpaired) electrons. The number of ether oxygens (including phenoxy) is 1. The molecule has 1 unspecified atom stereocenters. The smallest absolute Gasteiger partial charge is 0.250 e. The van der Waals surface area contributed by atoms with Crippen molar-refractivity contribution in [3.63, 3.8) is 0 Å². The van der Waals surface area contributed by atoms with Gasteiger partial charge >= 0.3 is 0 Å². The standard InChI is InChI=1S/C16H20N2O2/c1-12-8-9-18(16(19)10-12)11-15(17-2)13-4-6-14(20-3)7-5-13/h4-10,15,17H,11H2,1-3H3. The Bertz CT molecular complexity index is 617. The van der Waals surface area contributed by atoms with Crippen LogP contribution in [0.4, 0.5) is 0 Å². The van der Waals surface area contributed by atoms with Crippen molar-refractivity contribution in [2.45, 2.75) is 19.5 Å². The zero-order chi connectivity index (χ0) is 14.5. The van der Waals surface area contributed by atoms with Gasteiger partial charge in [0.15, 0.2) is 0 Å². The van der Waals surface area contributed by atoms with Crippen molar-refractivity contribution < 1.29 is 4.74 Å². The summed E-state index contributed by atoms with van der Waals surface area (Å²) in [5.74, 6) is 0.830. The second-order valence-electron chi connectivity index (χ2n) is 4.81. The second-order valence-corrected chi connectivity index (χ2v) is 4.81. The minimum Gasteiger partial charge on any atom is -0.497 e. The number of pyridine rings is 1. The predicted molar refractivity (Wildman–Crippen MR) is 80.2 cm³/mol. The molecule has 4 heteroatoms. The van der Waals surface area contributed by atoms with Crippen molar-refractivity contribution in [1.29, 1.82) is 0 Å². The van der Waals surface area contributed by atoms with Gasteiger partial charge in [0.25, 0.3) is 5.56 Å². The fourth-order valence-corrected chi connectivity index (χ4v) is 2.15. The van der Waals surface area contributed by atoms with Crippen LogP contribution in [-0.2, 0) is 6.54 Å². The van der Waals surface area contributed by atoms with E-state index in [1.165, 1.54) is 0 Å². The van der Waals surface area contributed by atoms with Crippen LogP contribution in [0.15, 0.2) is 47.4 Å². The number of methoxy groups -OCH3 is 1. The van der Waals surface area contributed by atoms with Gasteiger partial charge in [-0.1, -0.05) is 12.1 Å². The summed E-state index contributed by atoms with van der Waals surface area (Å²) >= 11 is 0. The molecular weight excluding hydrogens is 252 g/mol. The minimum atomic E-state index is 0.0266. The van der Waals surface area contributed by atoms with E-state index in [2.05, 4.69) is 5.32 Å². The molecule has 106 valence electrons. The van der Waals surface area contributed by atoms with Gasteiger partial charge in [-0.15, -0.1) is 0 Å². The summed E-state index contributed by atoms with van der Waals surface area (Å²) < 4.78 is 6.88. The van der Waals surface area contributed by atoms with Crippen LogP contribution in [0.1, 0.15) is 17.2 Å². The number of hydrogen-bond donors (Lipinski definition) is 1. The Hall–Kier alpha value is -2.07. The molecule has 0 saturated heterocycles. The summed E-state index contributed by atoms with van der Waals surface area (Å²) in [7, 11) is 3.55. The molecule has 0 amide bonds. The van der Waals surface area contributed by atoms with E-state index in [9.17, 15) is 4.79 Å². The molecule has 1 heterocycles. The lowest BCUT2D eigenvalue weighted by atomic mass is 10.1. The first kappa shape index (κ1) is 14.3. The molecule has 1 aromatic carbocycles. The molecule has 0 aliphatic rings. The molecule has 20 heavy (non-hydrogen) atoms. The third kappa shape index (κ3) is 3.27. The van der Waals surface area contributed by atoms with Gasteiger partial charge in [-0.25, -0.2) is 0 Å². The number of nitrogens with one attached hydrogen (secondary N) is 1. The average molecular weight is 272 g/mol. The van der Waals surface area contributed by atoms with Crippen LogP contribution < -0.4 is 15.6 Å². The fraction of sp³-hybridized carbons (Fsp3) is 0.312. The summed E-state index contributed by atoms with van der Waals surface area (Å²) in [6, 6.07) is 11.6. The number of nitrogens with zero attached hydrogens (tertiary/aromatic N) is 1. The van der Waals surface area contributed by atoms with Crippen LogP contribution in [0.2, 0.25) is 0 Å². The number of aromatic nitrogens is 1. The van der Waals surface area contributed by atoms with Gasteiger partial charge in [0.2, 0.25) is 0 Å². The highest BCUT2D eigenvalue weighted by atomic mass is 16.5. The lowest BCUT2D eigenvalue weighted by molar-refractivity contribution is 0.414. The molecule has 4 nitrogen and oxygen atoms in total. The Balaban J connectivity index is 2.21. The van der Waals surface area contributed by atoms with E-state index in [4.69, 9.17) is 4.74 Å². The van der Waals surface area contributed by atoms with Crippen molar-refractivity contribution in [1.82, 2.24) is 9.88 Å². The van der Waals surface area contributed by atoms with E-state index in [1.807, 2.05) is 50.5 Å². The van der Waals surface area contributed by atoms with E-state index >= 15 is 0 Å². The van der Waals surface area contributed by atoms with Gasteiger partial charge in [0, 0.05) is 18.8 Å². The van der Waals surface area contributed by atoms with Crippen LogP contribution in [0, 0.1) is 6.92 Å². The van der Waals surface area contributed by atoms with Crippen LogP contribution in [0.5, 0.6) is 5.75 Å². The molecule has 0 spiro atoms. The highest BCUT2D eigenvalue weighted by Gasteiger charge is 2.10. The van der Waals surface area contributed by atoms with Gasteiger partial charge < -0.3 is 14.6 Å². The van der Waals surface area contributed by atoms with Crippen molar-refractivity contribution in [3.05, 3.63) is 64.1 Å². The zero-order valence-electron chi connectivity index (χ0n) is 12.1. The largest absolute Gasteiger partial charge is 0.497 e. The normalized spacial score (nSPS) is 12.2. The molecule has 0 fully saturated rings. The van der Waals surface area contributed by atoms with E-state index < -0.39 is 0 Å². The van der Waals surface area contributed by atoms with E-state index in [0.29, 0.717) is 6.54 Å². The molecule has 2 rings (SSSR count). The average Bonchev–Trinajstić information content (AvgIpc) is 2.47. The maximum atomic E-state index is 11.9. The maximum Gasteiger partial charge on any atom is 0.250 e. The SMILES string of the molecule is CNC(Cn1ccc(C)cc1=O)c1ccc(OC)cc1. The van der Waals surface area contributed by atoms with E-state index in [1.54, 1.807) is 17.7 Å². The Kier molecular flexibility index (Phi) is 4.58. The molecule has 0 aliphatic heterocycles. The van der Waals surface area contributed by atoms with Crippen molar-refractivity contribution in [2.24, 2.45) is 0 Å². The van der Waals surface area contributed by atoms with Crippen molar-refractivity contribution in [3.8, 4) is 5.75 Å². The molecule has 1 atom stereocenters.